The molecule has 0 radical (unpaired) electrons. The van der Waals surface area contributed by atoms with E-state index in [-0.39, 0.29) is 10.8 Å². The molecule has 4 heteroatoms. The summed E-state index contributed by atoms with van der Waals surface area (Å²) in [4.78, 5) is 2.57. The minimum absolute atomic E-state index is 0.0296. The maximum atomic E-state index is 9.33. The lowest BCUT2D eigenvalue weighted by molar-refractivity contribution is 0.313. The summed E-state index contributed by atoms with van der Waals surface area (Å²) in [6, 6.07) is 4.62. The number of nitrogens with zero attached hydrogens (tertiary/aromatic N) is 2. The number of ether oxygens (including phenoxy) is 2. The molecular weight excluding hydrogens is 420 g/mol. The topological polar surface area (TPSA) is 45.5 Å². The number of nitriles is 1. The first-order valence-electron chi connectivity index (χ1n) is 12.2. The molecule has 0 aliphatic carbocycles. The Kier molecular flexibility index (Phi) is 5.09. The molecule has 34 heavy (non-hydrogen) atoms. The molecule has 0 bridgehead atoms. The Labute approximate surface area is 203 Å². The van der Waals surface area contributed by atoms with E-state index < -0.39 is 0 Å². The van der Waals surface area contributed by atoms with Crippen LogP contribution in [0.2, 0.25) is 0 Å². The zero-order valence-corrected chi connectivity index (χ0v) is 21.4. The Bertz CT molecular complexity index is 1290. The van der Waals surface area contributed by atoms with Crippen LogP contribution in [0, 0.1) is 11.3 Å². The lowest BCUT2D eigenvalue weighted by Crippen LogP contribution is -2.45. The van der Waals surface area contributed by atoms with Gasteiger partial charge in [0.2, 0.25) is 0 Å². The second-order valence-corrected chi connectivity index (χ2v) is 11.4. The van der Waals surface area contributed by atoms with Gasteiger partial charge in [0.25, 0.3) is 0 Å². The van der Waals surface area contributed by atoms with E-state index in [0.29, 0.717) is 11.3 Å². The molecule has 0 saturated heterocycles. The normalized spacial score (nSPS) is 24.5. The molecule has 0 unspecified atom stereocenters. The highest BCUT2D eigenvalue weighted by atomic mass is 16.5. The number of fused-ring (bicyclic) bond motifs is 2. The van der Waals surface area contributed by atoms with Crippen LogP contribution in [0.5, 0.6) is 5.75 Å². The third-order valence-corrected chi connectivity index (χ3v) is 7.81. The van der Waals surface area contributed by atoms with E-state index in [4.69, 9.17) is 9.47 Å². The third kappa shape index (κ3) is 3.59. The molecule has 5 rings (SSSR count). The predicted molar refractivity (Wildman–Crippen MR) is 138 cm³/mol. The van der Waals surface area contributed by atoms with Crippen molar-refractivity contribution in [3.05, 3.63) is 75.5 Å². The van der Waals surface area contributed by atoms with Crippen molar-refractivity contribution in [2.24, 2.45) is 0 Å². The fraction of sp³-hybridized carbons (Fsp3) is 0.433. The van der Waals surface area contributed by atoms with E-state index in [2.05, 4.69) is 57.7 Å². The Morgan fingerprint density at radius 3 is 2.44 bits per heavy atom. The largest absolute Gasteiger partial charge is 0.462 e. The van der Waals surface area contributed by atoms with Crippen LogP contribution >= 0.6 is 0 Å². The van der Waals surface area contributed by atoms with Crippen molar-refractivity contribution >= 4 is 11.3 Å². The number of rotatable bonds is 1. The molecule has 4 aliphatic heterocycles. The summed E-state index contributed by atoms with van der Waals surface area (Å²) in [5, 5.41) is 9.33. The molecule has 4 heterocycles. The molecule has 1 aromatic rings. The summed E-state index contributed by atoms with van der Waals surface area (Å²) < 4.78 is 12.6. The average molecular weight is 455 g/mol. The highest BCUT2D eigenvalue weighted by Crippen LogP contribution is 2.55. The quantitative estimate of drug-likeness (QED) is 0.421. The van der Waals surface area contributed by atoms with Gasteiger partial charge in [-0.2, -0.15) is 5.26 Å². The molecule has 0 spiro atoms. The first kappa shape index (κ1) is 22.6. The molecule has 0 saturated carbocycles. The maximum Gasteiger partial charge on any atom is 0.140 e. The van der Waals surface area contributed by atoms with Crippen molar-refractivity contribution in [3.63, 3.8) is 0 Å². The van der Waals surface area contributed by atoms with Crippen LogP contribution in [-0.4, -0.2) is 13.1 Å². The first-order chi connectivity index (χ1) is 16.0. The van der Waals surface area contributed by atoms with E-state index in [1.807, 2.05) is 32.1 Å². The number of benzene rings is 1. The summed E-state index contributed by atoms with van der Waals surface area (Å²) in [5.74, 6) is 3.20. The Balaban J connectivity index is 1.66. The van der Waals surface area contributed by atoms with Crippen molar-refractivity contribution in [3.8, 4) is 11.8 Å². The van der Waals surface area contributed by atoms with E-state index in [9.17, 15) is 5.26 Å². The smallest absolute Gasteiger partial charge is 0.140 e. The highest BCUT2D eigenvalue weighted by Gasteiger charge is 2.43. The molecule has 0 fully saturated rings. The minimum Gasteiger partial charge on any atom is -0.462 e. The van der Waals surface area contributed by atoms with Gasteiger partial charge in [-0.25, -0.2) is 0 Å². The van der Waals surface area contributed by atoms with Crippen LogP contribution in [0.4, 0.5) is 5.69 Å². The lowest BCUT2D eigenvalue weighted by Gasteiger charge is -2.49. The van der Waals surface area contributed by atoms with Gasteiger partial charge >= 0.3 is 0 Å². The van der Waals surface area contributed by atoms with Gasteiger partial charge in [0, 0.05) is 41.6 Å². The monoisotopic (exact) mass is 454 g/mol. The Morgan fingerprint density at radius 1 is 1.03 bits per heavy atom. The van der Waals surface area contributed by atoms with Gasteiger partial charge in [0.05, 0.1) is 6.07 Å². The molecule has 4 aliphatic rings. The Morgan fingerprint density at radius 2 is 1.74 bits per heavy atom. The molecule has 0 amide bonds. The summed E-state index contributed by atoms with van der Waals surface area (Å²) in [6.45, 7) is 17.5. The van der Waals surface area contributed by atoms with Crippen molar-refractivity contribution in [1.29, 1.82) is 5.26 Å². The summed E-state index contributed by atoms with van der Waals surface area (Å²) in [7, 11) is 0. The summed E-state index contributed by atoms with van der Waals surface area (Å²) in [5.41, 5.74) is 8.30. The summed E-state index contributed by atoms with van der Waals surface area (Å²) >= 11 is 0. The number of anilines is 1. The molecule has 0 aromatic heterocycles. The third-order valence-electron chi connectivity index (χ3n) is 7.81. The van der Waals surface area contributed by atoms with Crippen LogP contribution in [0.3, 0.4) is 0 Å². The van der Waals surface area contributed by atoms with Crippen molar-refractivity contribution in [2.45, 2.75) is 72.1 Å². The molecule has 1 aromatic carbocycles. The first-order valence-corrected chi connectivity index (χ1v) is 12.2. The summed E-state index contributed by atoms with van der Waals surface area (Å²) in [6.07, 6.45) is 10.1. The SMILES string of the molecule is CC1=C/C(=C(\C)C#N)C=C(C=C2C=C(C)c3cc4c5c(c3O2)C(C)(C)CCN5CCC4(C)C)O1. The van der Waals surface area contributed by atoms with Gasteiger partial charge < -0.3 is 14.4 Å². The number of allylic oxidation sites excluding steroid dienone is 8. The average Bonchev–Trinajstić information content (AvgIpc) is 2.76. The van der Waals surface area contributed by atoms with Gasteiger partial charge in [-0.1, -0.05) is 27.7 Å². The van der Waals surface area contributed by atoms with Crippen LogP contribution in [0.1, 0.15) is 78.0 Å². The van der Waals surface area contributed by atoms with Crippen LogP contribution < -0.4 is 9.64 Å². The van der Waals surface area contributed by atoms with Crippen molar-refractivity contribution < 1.29 is 9.47 Å². The van der Waals surface area contributed by atoms with E-state index in [1.165, 1.54) is 34.4 Å². The standard InChI is InChI=1S/C30H34N2O2/c1-18-12-22(15-23-14-21(19(2)17-31)13-20(3)33-23)34-28-24(18)16-25-27-26(28)30(6,7)9-11-32(27)10-8-29(25,4)5/h12-16H,8-11H2,1-7H3/b21-19-,22-15?. The van der Waals surface area contributed by atoms with Crippen LogP contribution in [0.25, 0.3) is 5.57 Å². The Hall–Kier alpha value is -3.19. The number of hydrogen-bond acceptors (Lipinski definition) is 4. The van der Waals surface area contributed by atoms with Gasteiger partial charge in [-0.3, -0.25) is 0 Å². The van der Waals surface area contributed by atoms with Gasteiger partial charge in [0.15, 0.2) is 0 Å². The molecular formula is C30H34N2O2. The second-order valence-electron chi connectivity index (χ2n) is 11.4. The van der Waals surface area contributed by atoms with Gasteiger partial charge in [0.1, 0.15) is 23.0 Å². The van der Waals surface area contributed by atoms with Crippen LogP contribution in [0.15, 0.2) is 58.8 Å². The maximum absolute atomic E-state index is 9.33. The zero-order valence-electron chi connectivity index (χ0n) is 21.4. The van der Waals surface area contributed by atoms with E-state index >= 15 is 0 Å². The van der Waals surface area contributed by atoms with E-state index in [1.54, 1.807) is 0 Å². The van der Waals surface area contributed by atoms with Crippen molar-refractivity contribution in [1.82, 2.24) is 0 Å². The fourth-order valence-corrected chi connectivity index (χ4v) is 5.61. The molecule has 0 atom stereocenters. The van der Waals surface area contributed by atoms with Gasteiger partial charge in [-0.05, 0) is 85.4 Å². The van der Waals surface area contributed by atoms with E-state index in [0.717, 1.165) is 42.4 Å². The lowest BCUT2D eigenvalue weighted by atomic mass is 9.68. The van der Waals surface area contributed by atoms with Gasteiger partial charge in [-0.15, -0.1) is 0 Å². The second kappa shape index (κ2) is 7.67. The highest BCUT2D eigenvalue weighted by molar-refractivity contribution is 5.83. The zero-order chi connectivity index (χ0) is 24.4. The fourth-order valence-electron chi connectivity index (χ4n) is 5.61. The molecule has 0 N–H and O–H groups in total. The molecule has 176 valence electrons. The van der Waals surface area contributed by atoms with Crippen LogP contribution in [-0.2, 0) is 15.6 Å². The molecule has 4 nitrogen and oxygen atoms in total. The predicted octanol–water partition coefficient (Wildman–Crippen LogP) is 7.19. The van der Waals surface area contributed by atoms with Crippen molar-refractivity contribution in [2.75, 3.05) is 18.0 Å². The minimum atomic E-state index is 0.0296. The number of hydrogen-bond donors (Lipinski definition) is 0.